The van der Waals surface area contributed by atoms with Gasteiger partial charge in [0.1, 0.15) is 4.90 Å². The molecule has 0 bridgehead atoms. The van der Waals surface area contributed by atoms with Gasteiger partial charge in [0.05, 0.1) is 4.92 Å². The highest BCUT2D eigenvalue weighted by Gasteiger charge is 2.30. The van der Waals surface area contributed by atoms with E-state index in [9.17, 15) is 18.5 Å². The molecule has 0 N–H and O–H groups in total. The molecule has 1 rings (SSSR count). The van der Waals surface area contributed by atoms with E-state index in [-0.39, 0.29) is 21.9 Å². The number of nitro benzene ring substituents is 1. The van der Waals surface area contributed by atoms with Crippen molar-refractivity contribution in [2.75, 3.05) is 6.26 Å². The van der Waals surface area contributed by atoms with Crippen molar-refractivity contribution < 1.29 is 13.3 Å². The van der Waals surface area contributed by atoms with E-state index >= 15 is 0 Å². The van der Waals surface area contributed by atoms with Crippen molar-refractivity contribution in [3.05, 3.63) is 33.9 Å². The van der Waals surface area contributed by atoms with Gasteiger partial charge in [0, 0.05) is 23.1 Å². The minimum absolute atomic E-state index is 0.262. The molecule has 0 amide bonds. The average Bonchev–Trinajstić information content (AvgIpc) is 2.34. The topological polar surface area (TPSA) is 77.3 Å². The number of sulfone groups is 1. The molecule has 0 aliphatic heterocycles. The van der Waals surface area contributed by atoms with Crippen molar-refractivity contribution in [3.8, 4) is 0 Å². The van der Waals surface area contributed by atoms with Crippen LogP contribution >= 0.6 is 11.6 Å². The molecule has 0 aromatic heterocycles. The molecule has 5 nitrogen and oxygen atoms in total. The Morgan fingerprint density at radius 1 is 1.42 bits per heavy atom. The first-order chi connectivity index (χ1) is 8.70. The minimum atomic E-state index is -3.65. The van der Waals surface area contributed by atoms with Crippen LogP contribution in [-0.4, -0.2) is 25.0 Å². The van der Waals surface area contributed by atoms with Gasteiger partial charge in [-0.25, -0.2) is 8.42 Å². The van der Waals surface area contributed by atoms with Crippen LogP contribution in [0.25, 0.3) is 0 Å². The van der Waals surface area contributed by atoms with Gasteiger partial charge in [-0.15, -0.1) is 11.6 Å². The second-order valence-electron chi connectivity index (χ2n) is 4.44. The zero-order valence-electron chi connectivity index (χ0n) is 11.0. The summed E-state index contributed by atoms with van der Waals surface area (Å²) in [7, 11) is -3.65. The Morgan fingerprint density at radius 2 is 2.00 bits per heavy atom. The number of para-hydroxylation sites is 1. The Bertz CT molecular complexity index is 585. The van der Waals surface area contributed by atoms with Crippen LogP contribution in [0, 0.1) is 10.1 Å². The summed E-state index contributed by atoms with van der Waals surface area (Å²) < 4.78 is 23.3. The van der Waals surface area contributed by atoms with Gasteiger partial charge in [0.2, 0.25) is 0 Å². The number of halogens is 1. The standard InChI is InChI=1S/C12H16ClNO4S/c1-4-10(13)8(2)9-6-5-7-11(19(3,17)18)12(9)14(15)16/h5-8,10H,4H2,1-3H3. The third-order valence-electron chi connectivity index (χ3n) is 3.04. The van der Waals surface area contributed by atoms with Gasteiger partial charge in [-0.3, -0.25) is 10.1 Å². The predicted octanol–water partition coefficient (Wildman–Crippen LogP) is 3.12. The number of hydrogen-bond donors (Lipinski definition) is 0. The van der Waals surface area contributed by atoms with E-state index in [0.717, 1.165) is 6.26 Å². The quantitative estimate of drug-likeness (QED) is 0.476. The molecule has 0 radical (unpaired) electrons. The Labute approximate surface area is 117 Å². The highest BCUT2D eigenvalue weighted by atomic mass is 35.5. The molecular formula is C12H16ClNO4S. The van der Waals surface area contributed by atoms with Crippen LogP contribution in [0.4, 0.5) is 5.69 Å². The fourth-order valence-corrected chi connectivity index (χ4v) is 2.95. The normalized spacial score (nSPS) is 14.9. The summed E-state index contributed by atoms with van der Waals surface area (Å²) in [6.07, 6.45) is 1.60. The van der Waals surface area contributed by atoms with Crippen molar-refractivity contribution in [1.29, 1.82) is 0 Å². The lowest BCUT2D eigenvalue weighted by Gasteiger charge is -2.17. The van der Waals surface area contributed by atoms with Crippen LogP contribution in [0.15, 0.2) is 23.1 Å². The van der Waals surface area contributed by atoms with E-state index in [1.807, 2.05) is 6.92 Å². The van der Waals surface area contributed by atoms with E-state index in [1.165, 1.54) is 12.1 Å². The molecule has 0 aliphatic carbocycles. The number of hydrogen-bond acceptors (Lipinski definition) is 4. The summed E-state index contributed by atoms with van der Waals surface area (Å²) >= 11 is 6.12. The maximum absolute atomic E-state index is 11.6. The van der Waals surface area contributed by atoms with Crippen molar-refractivity contribution in [1.82, 2.24) is 0 Å². The summed E-state index contributed by atoms with van der Waals surface area (Å²) in [5.41, 5.74) is -0.00799. The first-order valence-corrected chi connectivity index (χ1v) is 8.14. The Balaban J connectivity index is 3.54. The van der Waals surface area contributed by atoms with E-state index < -0.39 is 14.8 Å². The molecule has 106 valence electrons. The molecule has 0 fully saturated rings. The Kier molecular flexibility index (Phi) is 4.92. The van der Waals surface area contributed by atoms with E-state index in [1.54, 1.807) is 13.0 Å². The molecule has 0 aliphatic rings. The van der Waals surface area contributed by atoms with Gasteiger partial charge < -0.3 is 0 Å². The van der Waals surface area contributed by atoms with Gasteiger partial charge in [0.15, 0.2) is 9.84 Å². The molecule has 0 spiro atoms. The fraction of sp³-hybridized carbons (Fsp3) is 0.500. The second kappa shape index (κ2) is 5.88. The number of alkyl halides is 1. The third kappa shape index (κ3) is 3.45. The van der Waals surface area contributed by atoms with Crippen LogP contribution in [0.2, 0.25) is 0 Å². The Hall–Kier alpha value is -1.14. The molecule has 2 unspecified atom stereocenters. The second-order valence-corrected chi connectivity index (χ2v) is 6.98. The van der Waals surface area contributed by atoms with Crippen molar-refractivity contribution in [2.45, 2.75) is 36.5 Å². The van der Waals surface area contributed by atoms with Crippen LogP contribution < -0.4 is 0 Å². The van der Waals surface area contributed by atoms with Gasteiger partial charge in [0.25, 0.3) is 5.69 Å². The molecule has 1 aromatic carbocycles. The highest BCUT2D eigenvalue weighted by Crippen LogP contribution is 2.36. The average molecular weight is 306 g/mol. The molecule has 1 aromatic rings. The SMILES string of the molecule is CCC(Cl)C(C)c1cccc(S(C)(=O)=O)c1[N+](=O)[O-]. The van der Waals surface area contributed by atoms with E-state index in [4.69, 9.17) is 11.6 Å². The molecular weight excluding hydrogens is 290 g/mol. The predicted molar refractivity (Wildman–Crippen MR) is 74.6 cm³/mol. The van der Waals surface area contributed by atoms with Crippen LogP contribution in [0.1, 0.15) is 31.7 Å². The molecule has 0 saturated carbocycles. The van der Waals surface area contributed by atoms with Crippen LogP contribution in [0.3, 0.4) is 0 Å². The summed E-state index contributed by atoms with van der Waals surface area (Å²) in [6, 6.07) is 4.32. The lowest BCUT2D eigenvalue weighted by Crippen LogP contribution is -2.13. The zero-order chi connectivity index (χ0) is 14.8. The molecule has 2 atom stereocenters. The molecule has 19 heavy (non-hydrogen) atoms. The monoisotopic (exact) mass is 305 g/mol. The van der Waals surface area contributed by atoms with Crippen LogP contribution in [-0.2, 0) is 9.84 Å². The summed E-state index contributed by atoms with van der Waals surface area (Å²) in [5, 5.41) is 10.9. The maximum atomic E-state index is 11.6. The van der Waals surface area contributed by atoms with Gasteiger partial charge in [-0.2, -0.15) is 0 Å². The summed E-state index contributed by atoms with van der Waals surface area (Å²) in [5.74, 6) is -0.297. The molecule has 7 heteroatoms. The van der Waals surface area contributed by atoms with Crippen LogP contribution in [0.5, 0.6) is 0 Å². The van der Waals surface area contributed by atoms with E-state index in [2.05, 4.69) is 0 Å². The first-order valence-electron chi connectivity index (χ1n) is 5.81. The van der Waals surface area contributed by atoms with Crippen molar-refractivity contribution >= 4 is 27.1 Å². The maximum Gasteiger partial charge on any atom is 0.291 e. The van der Waals surface area contributed by atoms with Gasteiger partial charge in [-0.1, -0.05) is 26.0 Å². The Morgan fingerprint density at radius 3 is 2.42 bits per heavy atom. The summed E-state index contributed by atoms with van der Waals surface area (Å²) in [6.45, 7) is 3.63. The zero-order valence-corrected chi connectivity index (χ0v) is 12.5. The van der Waals surface area contributed by atoms with Crippen molar-refractivity contribution in [3.63, 3.8) is 0 Å². The lowest BCUT2D eigenvalue weighted by molar-refractivity contribution is -0.388. The smallest absolute Gasteiger partial charge is 0.258 e. The summed E-state index contributed by atoms with van der Waals surface area (Å²) in [4.78, 5) is 10.3. The van der Waals surface area contributed by atoms with E-state index in [0.29, 0.717) is 12.0 Å². The van der Waals surface area contributed by atoms with Crippen molar-refractivity contribution in [2.24, 2.45) is 0 Å². The fourth-order valence-electron chi connectivity index (χ4n) is 1.95. The van der Waals surface area contributed by atoms with Gasteiger partial charge in [-0.05, 0) is 12.5 Å². The molecule has 0 heterocycles. The highest BCUT2D eigenvalue weighted by molar-refractivity contribution is 7.90. The van der Waals surface area contributed by atoms with Gasteiger partial charge >= 0.3 is 0 Å². The number of benzene rings is 1. The number of rotatable bonds is 5. The number of nitro groups is 1. The lowest BCUT2D eigenvalue weighted by atomic mass is 9.94. The largest absolute Gasteiger partial charge is 0.291 e. The molecule has 0 saturated heterocycles. The first kappa shape index (κ1) is 15.9. The number of nitrogens with zero attached hydrogens (tertiary/aromatic N) is 1. The third-order valence-corrected chi connectivity index (χ3v) is 4.85. The minimum Gasteiger partial charge on any atom is -0.258 e.